The van der Waals surface area contributed by atoms with Crippen molar-refractivity contribution < 1.29 is 19.4 Å². The second-order valence-electron chi connectivity index (χ2n) is 7.08. The highest BCUT2D eigenvalue weighted by atomic mass is 16.5. The number of cyclic esters (lactones) is 1. The van der Waals surface area contributed by atoms with Crippen LogP contribution >= 0.6 is 0 Å². The van der Waals surface area contributed by atoms with Gasteiger partial charge in [0.25, 0.3) is 0 Å². The van der Waals surface area contributed by atoms with Crippen molar-refractivity contribution in [3.63, 3.8) is 0 Å². The Morgan fingerprint density at radius 1 is 1.47 bits per heavy atom. The molecule has 0 aromatic heterocycles. The zero-order valence-corrected chi connectivity index (χ0v) is 11.6. The van der Waals surface area contributed by atoms with Gasteiger partial charge in [0, 0.05) is 16.9 Å². The zero-order chi connectivity index (χ0) is 14.0. The third kappa shape index (κ3) is 1.58. The molecule has 3 rings (SSSR count). The molecule has 0 amide bonds. The number of aliphatic carboxylic acids is 1. The maximum Gasteiger partial charge on any atom is 0.331 e. The molecule has 1 spiro atoms. The first-order chi connectivity index (χ1) is 8.76. The SMILES string of the molecule is CC1OC(=O)CC2C(C(=O)O)=CC3CC(C)(C)CC312. The van der Waals surface area contributed by atoms with Gasteiger partial charge in [-0.1, -0.05) is 19.9 Å². The minimum absolute atomic E-state index is 0.173. The van der Waals surface area contributed by atoms with E-state index in [4.69, 9.17) is 4.74 Å². The summed E-state index contributed by atoms with van der Waals surface area (Å²) in [5, 5.41) is 9.39. The van der Waals surface area contributed by atoms with Gasteiger partial charge in [0.05, 0.1) is 6.42 Å². The standard InChI is InChI=1S/C15H20O4/c1-8-15-7-14(2,3)6-9(15)4-10(13(17)18)11(15)5-12(16)19-8/h4,8-9,11H,5-7H2,1-3H3,(H,17,18). The second-order valence-corrected chi connectivity index (χ2v) is 7.08. The number of hydrogen-bond donors (Lipinski definition) is 1. The Morgan fingerprint density at radius 3 is 2.79 bits per heavy atom. The molecule has 104 valence electrons. The van der Waals surface area contributed by atoms with Crippen LogP contribution in [0.25, 0.3) is 0 Å². The van der Waals surface area contributed by atoms with Crippen LogP contribution in [0.5, 0.6) is 0 Å². The topological polar surface area (TPSA) is 63.6 Å². The number of rotatable bonds is 1. The quantitative estimate of drug-likeness (QED) is 0.739. The van der Waals surface area contributed by atoms with Gasteiger partial charge in [0.15, 0.2) is 0 Å². The van der Waals surface area contributed by atoms with Crippen molar-refractivity contribution in [3.8, 4) is 0 Å². The summed E-state index contributed by atoms with van der Waals surface area (Å²) in [4.78, 5) is 23.1. The van der Waals surface area contributed by atoms with Gasteiger partial charge in [0.1, 0.15) is 6.10 Å². The van der Waals surface area contributed by atoms with Gasteiger partial charge in [-0.2, -0.15) is 0 Å². The lowest BCUT2D eigenvalue weighted by Gasteiger charge is -2.45. The third-order valence-electron chi connectivity index (χ3n) is 5.34. The Labute approximate surface area is 112 Å². The molecule has 1 heterocycles. The first-order valence-electron chi connectivity index (χ1n) is 6.91. The third-order valence-corrected chi connectivity index (χ3v) is 5.34. The normalized spacial score (nSPS) is 43.2. The Morgan fingerprint density at radius 2 is 2.16 bits per heavy atom. The average Bonchev–Trinajstić information content (AvgIpc) is 2.68. The largest absolute Gasteiger partial charge is 0.478 e. The maximum atomic E-state index is 11.7. The van der Waals surface area contributed by atoms with Crippen molar-refractivity contribution in [1.29, 1.82) is 0 Å². The Hall–Kier alpha value is -1.32. The van der Waals surface area contributed by atoms with Crippen LogP contribution in [0.4, 0.5) is 0 Å². The van der Waals surface area contributed by atoms with E-state index in [9.17, 15) is 14.7 Å². The van der Waals surface area contributed by atoms with E-state index >= 15 is 0 Å². The highest BCUT2D eigenvalue weighted by Crippen LogP contribution is 2.66. The minimum Gasteiger partial charge on any atom is -0.478 e. The van der Waals surface area contributed by atoms with Crippen molar-refractivity contribution in [2.24, 2.45) is 22.7 Å². The summed E-state index contributed by atoms with van der Waals surface area (Å²) in [7, 11) is 0. The van der Waals surface area contributed by atoms with Crippen LogP contribution in [-0.4, -0.2) is 23.1 Å². The van der Waals surface area contributed by atoms with E-state index in [-0.39, 0.29) is 41.2 Å². The smallest absolute Gasteiger partial charge is 0.331 e. The van der Waals surface area contributed by atoms with Crippen molar-refractivity contribution in [3.05, 3.63) is 11.6 Å². The number of carboxylic acid groups (broad SMARTS) is 1. The van der Waals surface area contributed by atoms with Crippen molar-refractivity contribution in [1.82, 2.24) is 0 Å². The molecule has 4 unspecified atom stereocenters. The number of carboxylic acids is 1. The van der Waals surface area contributed by atoms with Gasteiger partial charge in [0.2, 0.25) is 0 Å². The molecule has 4 heteroatoms. The number of carbonyl (C=O) groups excluding carboxylic acids is 1. The lowest BCUT2D eigenvalue weighted by molar-refractivity contribution is -0.172. The van der Waals surface area contributed by atoms with E-state index in [0.717, 1.165) is 12.8 Å². The van der Waals surface area contributed by atoms with E-state index < -0.39 is 5.97 Å². The number of esters is 1. The lowest BCUT2D eigenvalue weighted by atomic mass is 9.64. The molecule has 1 N–H and O–H groups in total. The summed E-state index contributed by atoms with van der Waals surface area (Å²) < 4.78 is 5.46. The first-order valence-corrected chi connectivity index (χ1v) is 6.91. The average molecular weight is 264 g/mol. The van der Waals surface area contributed by atoms with Crippen molar-refractivity contribution in [2.75, 3.05) is 0 Å². The fourth-order valence-corrected chi connectivity index (χ4v) is 4.81. The van der Waals surface area contributed by atoms with Crippen LogP contribution in [0.15, 0.2) is 11.6 Å². The number of hydrogen-bond acceptors (Lipinski definition) is 3. The van der Waals surface area contributed by atoms with Crippen molar-refractivity contribution >= 4 is 11.9 Å². The summed E-state index contributed by atoms with van der Waals surface area (Å²) in [5.41, 5.74) is 0.427. The van der Waals surface area contributed by atoms with Crippen LogP contribution in [0.3, 0.4) is 0 Å². The summed E-state index contributed by atoms with van der Waals surface area (Å²) in [6.07, 6.45) is 3.83. The predicted molar refractivity (Wildman–Crippen MR) is 68.3 cm³/mol. The van der Waals surface area contributed by atoms with Crippen molar-refractivity contribution in [2.45, 2.75) is 46.1 Å². The second kappa shape index (κ2) is 3.62. The number of allylic oxidation sites excluding steroid dienone is 1. The molecule has 1 aliphatic heterocycles. The summed E-state index contributed by atoms with van der Waals surface area (Å²) in [5.74, 6) is -1.09. The van der Waals surface area contributed by atoms with Gasteiger partial charge in [-0.3, -0.25) is 4.79 Å². The van der Waals surface area contributed by atoms with E-state index in [0.29, 0.717) is 5.57 Å². The van der Waals surface area contributed by atoms with Crippen LogP contribution in [0, 0.1) is 22.7 Å². The molecule has 4 atom stereocenters. The van der Waals surface area contributed by atoms with Crippen LogP contribution < -0.4 is 0 Å². The van der Waals surface area contributed by atoms with Crippen LogP contribution in [0.2, 0.25) is 0 Å². The molecule has 4 nitrogen and oxygen atoms in total. The molecule has 0 bridgehead atoms. The first kappa shape index (κ1) is 12.7. The van der Waals surface area contributed by atoms with E-state index in [1.807, 2.05) is 13.0 Å². The molecule has 1 saturated carbocycles. The van der Waals surface area contributed by atoms with E-state index in [1.165, 1.54) is 0 Å². The molecule has 19 heavy (non-hydrogen) atoms. The Bertz CT molecular complexity index is 490. The molecule has 1 saturated heterocycles. The van der Waals surface area contributed by atoms with Gasteiger partial charge < -0.3 is 9.84 Å². The minimum atomic E-state index is -0.876. The van der Waals surface area contributed by atoms with Crippen LogP contribution in [-0.2, 0) is 14.3 Å². The molecular formula is C15H20O4. The van der Waals surface area contributed by atoms with Gasteiger partial charge in [-0.25, -0.2) is 4.79 Å². The number of carbonyl (C=O) groups is 2. The predicted octanol–water partition coefficient (Wildman–Crippen LogP) is 2.39. The Kier molecular flexibility index (Phi) is 2.42. The summed E-state index contributed by atoms with van der Waals surface area (Å²) >= 11 is 0. The summed E-state index contributed by atoms with van der Waals surface area (Å²) in [6.45, 7) is 6.36. The molecule has 2 aliphatic carbocycles. The molecular weight excluding hydrogens is 244 g/mol. The molecule has 0 aromatic rings. The number of ether oxygens (including phenoxy) is 1. The molecule has 2 fully saturated rings. The molecule has 3 aliphatic rings. The van der Waals surface area contributed by atoms with E-state index in [2.05, 4.69) is 13.8 Å². The molecule has 0 aromatic carbocycles. The zero-order valence-electron chi connectivity index (χ0n) is 11.6. The summed E-state index contributed by atoms with van der Waals surface area (Å²) in [6, 6.07) is 0. The monoisotopic (exact) mass is 264 g/mol. The molecule has 0 radical (unpaired) electrons. The highest BCUT2D eigenvalue weighted by Gasteiger charge is 2.64. The Balaban J connectivity index is 2.08. The fraction of sp³-hybridized carbons (Fsp3) is 0.733. The van der Waals surface area contributed by atoms with Crippen LogP contribution in [0.1, 0.15) is 40.0 Å². The van der Waals surface area contributed by atoms with Gasteiger partial charge >= 0.3 is 11.9 Å². The maximum absolute atomic E-state index is 11.7. The van der Waals surface area contributed by atoms with Gasteiger partial charge in [-0.15, -0.1) is 0 Å². The van der Waals surface area contributed by atoms with E-state index in [1.54, 1.807) is 0 Å². The highest BCUT2D eigenvalue weighted by molar-refractivity contribution is 5.90. The lowest BCUT2D eigenvalue weighted by Crippen LogP contribution is -2.48. The van der Waals surface area contributed by atoms with Gasteiger partial charge in [-0.05, 0) is 31.1 Å². The fourth-order valence-electron chi connectivity index (χ4n) is 4.81.